The number of ether oxygens (including phenoxy) is 1. The predicted octanol–water partition coefficient (Wildman–Crippen LogP) is 2.32. The summed E-state index contributed by atoms with van der Waals surface area (Å²) in [5.74, 6) is -1.21. The lowest BCUT2D eigenvalue weighted by Crippen LogP contribution is -2.17. The highest BCUT2D eigenvalue weighted by Gasteiger charge is 2.18. The van der Waals surface area contributed by atoms with Gasteiger partial charge in [-0.1, -0.05) is 12.1 Å². The van der Waals surface area contributed by atoms with Gasteiger partial charge in [-0.25, -0.2) is 27.9 Å². The monoisotopic (exact) mass is 412 g/mol. The van der Waals surface area contributed by atoms with Crippen LogP contribution in [-0.2, 0) is 14.8 Å². The van der Waals surface area contributed by atoms with Crippen molar-refractivity contribution in [3.05, 3.63) is 78.1 Å². The number of amides is 1. The molecule has 3 rings (SSSR count). The number of hydrogen-bond acceptors (Lipinski definition) is 7. The maximum atomic E-state index is 12.5. The van der Waals surface area contributed by atoms with Crippen molar-refractivity contribution in [2.24, 2.45) is 0 Å². The minimum Gasteiger partial charge on any atom is -0.465 e. The first-order valence-corrected chi connectivity index (χ1v) is 9.77. The molecule has 0 spiro atoms. The molecule has 0 radical (unpaired) electrons. The second-order valence-electron chi connectivity index (χ2n) is 5.69. The molecule has 0 saturated carbocycles. The number of benzene rings is 2. The van der Waals surface area contributed by atoms with Crippen LogP contribution in [0.15, 0.2) is 71.9 Å². The summed E-state index contributed by atoms with van der Waals surface area (Å²) in [5.41, 5.74) is 0.613. The van der Waals surface area contributed by atoms with Gasteiger partial charge in [-0.3, -0.25) is 4.79 Å². The normalized spacial score (nSPS) is 10.8. The molecule has 1 heterocycles. The fourth-order valence-corrected chi connectivity index (χ4v) is 3.37. The molecule has 10 heteroatoms. The maximum absolute atomic E-state index is 12.5. The van der Waals surface area contributed by atoms with Crippen LogP contribution in [0.4, 0.5) is 11.6 Å². The van der Waals surface area contributed by atoms with E-state index < -0.39 is 21.9 Å². The first-order chi connectivity index (χ1) is 13.9. The van der Waals surface area contributed by atoms with Crippen LogP contribution in [0.5, 0.6) is 0 Å². The van der Waals surface area contributed by atoms with Gasteiger partial charge in [0, 0.05) is 18.1 Å². The largest absolute Gasteiger partial charge is 0.465 e. The fourth-order valence-electron chi connectivity index (χ4n) is 2.42. The highest BCUT2D eigenvalue weighted by molar-refractivity contribution is 7.92. The summed E-state index contributed by atoms with van der Waals surface area (Å²) < 4.78 is 31.7. The van der Waals surface area contributed by atoms with Gasteiger partial charge < -0.3 is 10.1 Å². The summed E-state index contributed by atoms with van der Waals surface area (Å²) in [5, 5.41) is 2.62. The van der Waals surface area contributed by atoms with E-state index in [2.05, 4.69) is 24.7 Å². The van der Waals surface area contributed by atoms with E-state index in [1.807, 2.05) is 0 Å². The molecule has 9 nitrogen and oxygen atoms in total. The topological polar surface area (TPSA) is 127 Å². The zero-order valence-electron chi connectivity index (χ0n) is 15.2. The number of carbonyl (C=O) groups is 2. The van der Waals surface area contributed by atoms with Crippen LogP contribution in [0.25, 0.3) is 0 Å². The zero-order valence-corrected chi connectivity index (χ0v) is 16.0. The Morgan fingerprint density at radius 1 is 0.897 bits per heavy atom. The number of nitrogens with zero attached hydrogens (tertiary/aromatic N) is 2. The first-order valence-electron chi connectivity index (χ1n) is 8.29. The third-order valence-corrected chi connectivity index (χ3v) is 5.13. The number of nitrogens with one attached hydrogen (secondary N) is 2. The zero-order chi connectivity index (χ0) is 20.9. The van der Waals surface area contributed by atoms with Gasteiger partial charge in [0.05, 0.1) is 23.1 Å². The van der Waals surface area contributed by atoms with Crippen LogP contribution in [0.3, 0.4) is 0 Å². The average Bonchev–Trinajstić information content (AvgIpc) is 2.74. The molecule has 0 unspecified atom stereocenters. The van der Waals surface area contributed by atoms with E-state index in [-0.39, 0.29) is 22.0 Å². The molecule has 0 fully saturated rings. The van der Waals surface area contributed by atoms with E-state index >= 15 is 0 Å². The Labute approximate surface area is 166 Å². The Morgan fingerprint density at radius 2 is 1.52 bits per heavy atom. The van der Waals surface area contributed by atoms with Gasteiger partial charge in [0.1, 0.15) is 0 Å². The van der Waals surface area contributed by atoms with Crippen molar-refractivity contribution in [2.45, 2.75) is 4.90 Å². The summed E-state index contributed by atoms with van der Waals surface area (Å²) in [4.78, 5) is 31.9. The highest BCUT2D eigenvalue weighted by Crippen LogP contribution is 2.18. The van der Waals surface area contributed by atoms with Crippen LogP contribution in [0, 0.1) is 0 Å². The quantitative estimate of drug-likeness (QED) is 0.595. The van der Waals surface area contributed by atoms with Gasteiger partial charge in [-0.05, 0) is 42.5 Å². The van der Waals surface area contributed by atoms with Crippen LogP contribution in [-0.4, -0.2) is 37.4 Å². The summed E-state index contributed by atoms with van der Waals surface area (Å²) in [6, 6.07) is 13.3. The molecular weight excluding hydrogens is 396 g/mol. The lowest BCUT2D eigenvalue weighted by atomic mass is 10.1. The molecule has 0 atom stereocenters. The average molecular weight is 412 g/mol. The van der Waals surface area contributed by atoms with Crippen molar-refractivity contribution in [2.75, 3.05) is 17.1 Å². The first kappa shape index (κ1) is 20.0. The Hall–Kier alpha value is -3.79. The van der Waals surface area contributed by atoms with E-state index in [9.17, 15) is 18.0 Å². The molecule has 0 aliphatic carbocycles. The number of anilines is 2. The van der Waals surface area contributed by atoms with Gasteiger partial charge in [0.25, 0.3) is 15.9 Å². The molecule has 29 heavy (non-hydrogen) atoms. The van der Waals surface area contributed by atoms with E-state index in [4.69, 9.17) is 0 Å². The SMILES string of the molecule is COC(=O)c1ccccc1C(=O)Nc1ccc(S(=O)(=O)Nc2ncccn2)cc1. The molecule has 0 saturated heterocycles. The standard InChI is InChI=1S/C19H16N4O5S/c1-28-18(25)16-6-3-2-5-15(16)17(24)22-13-7-9-14(10-8-13)29(26,27)23-19-20-11-4-12-21-19/h2-12H,1H3,(H,22,24)(H,20,21,23). The summed E-state index contributed by atoms with van der Waals surface area (Å²) >= 11 is 0. The molecule has 3 aromatic rings. The number of hydrogen-bond donors (Lipinski definition) is 2. The summed E-state index contributed by atoms with van der Waals surface area (Å²) in [6.45, 7) is 0. The van der Waals surface area contributed by atoms with Crippen molar-refractivity contribution < 1.29 is 22.7 Å². The summed E-state index contributed by atoms with van der Waals surface area (Å²) in [6.07, 6.45) is 2.82. The Bertz CT molecular complexity index is 1130. The van der Waals surface area contributed by atoms with Crippen molar-refractivity contribution in [3.63, 3.8) is 0 Å². The molecule has 1 amide bonds. The minimum absolute atomic E-state index is 0.0297. The molecule has 148 valence electrons. The Kier molecular flexibility index (Phi) is 5.84. The van der Waals surface area contributed by atoms with Crippen LogP contribution >= 0.6 is 0 Å². The van der Waals surface area contributed by atoms with Gasteiger partial charge in [-0.2, -0.15) is 0 Å². The van der Waals surface area contributed by atoms with Gasteiger partial charge in [0.15, 0.2) is 0 Å². The number of carbonyl (C=O) groups excluding carboxylic acids is 2. The van der Waals surface area contributed by atoms with Gasteiger partial charge >= 0.3 is 5.97 Å². The number of methoxy groups -OCH3 is 1. The molecular formula is C19H16N4O5S. The number of sulfonamides is 1. The number of rotatable bonds is 6. The van der Waals surface area contributed by atoms with Gasteiger partial charge in [0.2, 0.25) is 5.95 Å². The lowest BCUT2D eigenvalue weighted by molar-refractivity contribution is 0.0597. The number of aromatic nitrogens is 2. The second kappa shape index (κ2) is 8.48. The van der Waals surface area contributed by atoms with E-state index in [0.29, 0.717) is 5.69 Å². The van der Waals surface area contributed by atoms with Crippen LogP contribution < -0.4 is 10.0 Å². The third kappa shape index (κ3) is 4.74. The van der Waals surface area contributed by atoms with Crippen LogP contribution in [0.2, 0.25) is 0 Å². The van der Waals surface area contributed by atoms with Crippen molar-refractivity contribution in [1.29, 1.82) is 0 Å². The van der Waals surface area contributed by atoms with E-state index in [1.165, 1.54) is 55.9 Å². The Morgan fingerprint density at radius 3 is 2.14 bits per heavy atom. The molecule has 2 aromatic carbocycles. The predicted molar refractivity (Wildman–Crippen MR) is 105 cm³/mol. The molecule has 0 aliphatic heterocycles. The van der Waals surface area contributed by atoms with E-state index in [1.54, 1.807) is 18.2 Å². The van der Waals surface area contributed by atoms with Crippen LogP contribution in [0.1, 0.15) is 20.7 Å². The third-order valence-electron chi connectivity index (χ3n) is 3.79. The fraction of sp³-hybridized carbons (Fsp3) is 0.0526. The molecule has 0 bridgehead atoms. The lowest BCUT2D eigenvalue weighted by Gasteiger charge is -2.10. The molecule has 2 N–H and O–H groups in total. The second-order valence-corrected chi connectivity index (χ2v) is 7.38. The highest BCUT2D eigenvalue weighted by atomic mass is 32.2. The van der Waals surface area contributed by atoms with Crippen molar-refractivity contribution in [3.8, 4) is 0 Å². The summed E-state index contributed by atoms with van der Waals surface area (Å²) in [7, 11) is -2.65. The number of esters is 1. The van der Waals surface area contributed by atoms with E-state index in [0.717, 1.165) is 0 Å². The molecule has 0 aliphatic rings. The Balaban J connectivity index is 1.76. The molecule has 1 aromatic heterocycles. The minimum atomic E-state index is -3.88. The van der Waals surface area contributed by atoms with Gasteiger partial charge in [-0.15, -0.1) is 0 Å². The smallest absolute Gasteiger partial charge is 0.338 e. The van der Waals surface area contributed by atoms with Crippen molar-refractivity contribution >= 4 is 33.5 Å². The maximum Gasteiger partial charge on any atom is 0.338 e. The van der Waals surface area contributed by atoms with Crippen molar-refractivity contribution in [1.82, 2.24) is 9.97 Å².